The lowest BCUT2D eigenvalue weighted by Crippen LogP contribution is -2.11. The van der Waals surface area contributed by atoms with E-state index in [9.17, 15) is 5.11 Å². The van der Waals surface area contributed by atoms with Crippen LogP contribution in [0, 0.1) is 13.8 Å². The molecule has 1 N–H and O–H groups in total. The summed E-state index contributed by atoms with van der Waals surface area (Å²) in [6.07, 6.45) is 5.56. The smallest absolute Gasteiger partial charge is 0.0956 e. The van der Waals surface area contributed by atoms with E-state index >= 15 is 0 Å². The highest BCUT2D eigenvalue weighted by molar-refractivity contribution is 7.11. The molecule has 1 unspecified atom stereocenters. The van der Waals surface area contributed by atoms with Crippen molar-refractivity contribution in [1.29, 1.82) is 0 Å². The van der Waals surface area contributed by atoms with Gasteiger partial charge in [0.1, 0.15) is 0 Å². The van der Waals surface area contributed by atoms with Gasteiger partial charge in [0, 0.05) is 23.7 Å². The van der Waals surface area contributed by atoms with Crippen molar-refractivity contribution in [3.8, 4) is 0 Å². The third kappa shape index (κ3) is 3.62. The minimum absolute atomic E-state index is 0.324. The first-order valence-electron chi connectivity index (χ1n) is 6.15. The van der Waals surface area contributed by atoms with Crippen molar-refractivity contribution in [2.75, 3.05) is 0 Å². The molecule has 2 heterocycles. The Morgan fingerprint density at radius 1 is 1.39 bits per heavy atom. The number of pyridine rings is 1. The summed E-state index contributed by atoms with van der Waals surface area (Å²) in [5.41, 5.74) is 2.25. The fourth-order valence-corrected chi connectivity index (χ4v) is 2.81. The second-order valence-electron chi connectivity index (χ2n) is 4.51. The molecule has 0 saturated carbocycles. The van der Waals surface area contributed by atoms with Gasteiger partial charge in [0.05, 0.1) is 16.8 Å². The summed E-state index contributed by atoms with van der Waals surface area (Å²) in [5.74, 6) is 0. The molecule has 96 valence electrons. The van der Waals surface area contributed by atoms with E-state index in [0.717, 1.165) is 23.5 Å². The Bertz CT molecular complexity index is 476. The first-order chi connectivity index (χ1) is 8.65. The van der Waals surface area contributed by atoms with Crippen molar-refractivity contribution in [3.05, 3.63) is 45.7 Å². The number of hydrogen-bond acceptors (Lipinski definition) is 4. The zero-order valence-corrected chi connectivity index (χ0v) is 11.6. The van der Waals surface area contributed by atoms with Gasteiger partial charge in [-0.1, -0.05) is 6.07 Å². The molecule has 2 aromatic rings. The van der Waals surface area contributed by atoms with E-state index in [1.54, 1.807) is 17.5 Å². The average Bonchev–Trinajstić information content (AvgIpc) is 2.67. The van der Waals surface area contributed by atoms with Crippen LogP contribution in [0.1, 0.15) is 27.6 Å². The second-order valence-corrected chi connectivity index (χ2v) is 5.79. The summed E-state index contributed by atoms with van der Waals surface area (Å²) in [6, 6.07) is 3.96. The Labute approximate surface area is 112 Å². The number of aromatic nitrogens is 2. The van der Waals surface area contributed by atoms with Crippen LogP contribution in [0.3, 0.4) is 0 Å². The molecule has 0 aliphatic rings. The largest absolute Gasteiger partial charge is 0.393 e. The average molecular weight is 262 g/mol. The number of nitrogens with zero attached hydrogens (tertiary/aromatic N) is 2. The molecule has 2 aromatic heterocycles. The van der Waals surface area contributed by atoms with Crippen LogP contribution >= 0.6 is 11.3 Å². The number of aliphatic hydroxyl groups excluding tert-OH is 1. The summed E-state index contributed by atoms with van der Waals surface area (Å²) >= 11 is 1.68. The molecule has 0 amide bonds. The van der Waals surface area contributed by atoms with E-state index in [1.165, 1.54) is 10.4 Å². The number of thiazole rings is 1. The molecule has 0 bridgehead atoms. The van der Waals surface area contributed by atoms with Crippen molar-refractivity contribution in [2.24, 2.45) is 0 Å². The monoisotopic (exact) mass is 262 g/mol. The predicted octanol–water partition coefficient (Wildman–Crippen LogP) is 2.69. The normalized spacial score (nSPS) is 12.6. The van der Waals surface area contributed by atoms with Crippen LogP contribution in [-0.2, 0) is 12.8 Å². The fourth-order valence-electron chi connectivity index (χ4n) is 1.81. The van der Waals surface area contributed by atoms with Crippen LogP contribution in [0.5, 0.6) is 0 Å². The number of rotatable bonds is 5. The lowest BCUT2D eigenvalue weighted by atomic mass is 10.1. The highest BCUT2D eigenvalue weighted by atomic mass is 32.1. The van der Waals surface area contributed by atoms with Crippen LogP contribution in [0.15, 0.2) is 24.5 Å². The van der Waals surface area contributed by atoms with E-state index < -0.39 is 0 Å². The molecule has 0 aliphatic carbocycles. The Kier molecular flexibility index (Phi) is 4.44. The molecule has 1 atom stereocenters. The summed E-state index contributed by atoms with van der Waals surface area (Å²) in [6.45, 7) is 4.08. The van der Waals surface area contributed by atoms with E-state index in [-0.39, 0.29) is 6.10 Å². The third-order valence-electron chi connectivity index (χ3n) is 2.97. The zero-order chi connectivity index (χ0) is 13.0. The van der Waals surface area contributed by atoms with Gasteiger partial charge in [0.15, 0.2) is 0 Å². The highest BCUT2D eigenvalue weighted by Gasteiger charge is 2.10. The van der Waals surface area contributed by atoms with Gasteiger partial charge in [-0.15, -0.1) is 11.3 Å². The Morgan fingerprint density at radius 2 is 2.22 bits per heavy atom. The van der Waals surface area contributed by atoms with Crippen molar-refractivity contribution < 1.29 is 5.11 Å². The van der Waals surface area contributed by atoms with Crippen molar-refractivity contribution in [3.63, 3.8) is 0 Å². The van der Waals surface area contributed by atoms with E-state index in [0.29, 0.717) is 6.42 Å². The maximum absolute atomic E-state index is 10.0. The number of aliphatic hydroxyl groups is 1. The van der Waals surface area contributed by atoms with Gasteiger partial charge in [-0.05, 0) is 38.3 Å². The molecule has 4 heteroatoms. The lowest BCUT2D eigenvalue weighted by molar-refractivity contribution is 0.165. The SMILES string of the molecule is Cc1nc(CC(O)CCc2cccnc2)sc1C. The zero-order valence-electron chi connectivity index (χ0n) is 10.8. The van der Waals surface area contributed by atoms with Crippen LogP contribution in [0.25, 0.3) is 0 Å². The first-order valence-corrected chi connectivity index (χ1v) is 6.96. The van der Waals surface area contributed by atoms with Gasteiger partial charge in [-0.3, -0.25) is 4.98 Å². The number of hydrogen-bond donors (Lipinski definition) is 1. The molecular weight excluding hydrogens is 244 g/mol. The van der Waals surface area contributed by atoms with Crippen LogP contribution < -0.4 is 0 Å². The summed E-state index contributed by atoms with van der Waals surface area (Å²) < 4.78 is 0. The molecule has 3 nitrogen and oxygen atoms in total. The quantitative estimate of drug-likeness (QED) is 0.901. The Hall–Kier alpha value is -1.26. The van der Waals surface area contributed by atoms with Crippen LogP contribution in [-0.4, -0.2) is 21.2 Å². The van der Waals surface area contributed by atoms with Gasteiger partial charge in [-0.2, -0.15) is 0 Å². The molecule has 0 aromatic carbocycles. The molecule has 2 rings (SSSR count). The van der Waals surface area contributed by atoms with E-state index in [2.05, 4.69) is 16.9 Å². The lowest BCUT2D eigenvalue weighted by Gasteiger charge is -2.08. The van der Waals surface area contributed by atoms with Crippen molar-refractivity contribution in [1.82, 2.24) is 9.97 Å². The van der Waals surface area contributed by atoms with Gasteiger partial charge < -0.3 is 5.11 Å². The Balaban J connectivity index is 1.84. The Morgan fingerprint density at radius 3 is 2.83 bits per heavy atom. The maximum atomic E-state index is 10.0. The summed E-state index contributed by atoms with van der Waals surface area (Å²) in [5, 5.41) is 11.0. The topological polar surface area (TPSA) is 46.0 Å². The van der Waals surface area contributed by atoms with Crippen LogP contribution in [0.2, 0.25) is 0 Å². The van der Waals surface area contributed by atoms with Gasteiger partial charge in [-0.25, -0.2) is 4.98 Å². The highest BCUT2D eigenvalue weighted by Crippen LogP contribution is 2.19. The van der Waals surface area contributed by atoms with Gasteiger partial charge in [0.2, 0.25) is 0 Å². The van der Waals surface area contributed by atoms with Crippen molar-refractivity contribution >= 4 is 11.3 Å². The standard InChI is InChI=1S/C14H18N2OS/c1-10-11(2)18-14(16-10)8-13(17)6-5-12-4-3-7-15-9-12/h3-4,7,9,13,17H,5-6,8H2,1-2H3. The summed E-state index contributed by atoms with van der Waals surface area (Å²) in [7, 11) is 0. The summed E-state index contributed by atoms with van der Waals surface area (Å²) in [4.78, 5) is 9.76. The minimum atomic E-state index is -0.324. The molecule has 0 spiro atoms. The van der Waals surface area contributed by atoms with E-state index in [1.807, 2.05) is 25.3 Å². The van der Waals surface area contributed by atoms with Gasteiger partial charge >= 0.3 is 0 Å². The first kappa shape index (κ1) is 13.2. The second kappa shape index (κ2) is 6.07. The molecule has 0 radical (unpaired) electrons. The molecule has 0 aliphatic heterocycles. The van der Waals surface area contributed by atoms with Crippen molar-refractivity contribution in [2.45, 2.75) is 39.2 Å². The molecular formula is C14H18N2OS. The number of aryl methyl sites for hydroxylation is 3. The van der Waals surface area contributed by atoms with Crippen LogP contribution in [0.4, 0.5) is 0 Å². The third-order valence-corrected chi connectivity index (χ3v) is 4.07. The molecule has 0 saturated heterocycles. The predicted molar refractivity (Wildman–Crippen MR) is 73.9 cm³/mol. The minimum Gasteiger partial charge on any atom is -0.393 e. The maximum Gasteiger partial charge on any atom is 0.0956 e. The van der Waals surface area contributed by atoms with E-state index in [4.69, 9.17) is 0 Å². The van der Waals surface area contributed by atoms with Gasteiger partial charge in [0.25, 0.3) is 0 Å². The fraction of sp³-hybridized carbons (Fsp3) is 0.429. The molecule has 18 heavy (non-hydrogen) atoms. The molecule has 0 fully saturated rings.